The fourth-order valence-electron chi connectivity index (χ4n) is 1.12. The number of rotatable bonds is 8. The van der Waals surface area contributed by atoms with E-state index in [4.69, 9.17) is 5.73 Å². The van der Waals surface area contributed by atoms with Crippen molar-refractivity contribution in [3.63, 3.8) is 0 Å². The highest BCUT2D eigenvalue weighted by Gasteiger charge is 1.94. The summed E-state index contributed by atoms with van der Waals surface area (Å²) in [6.07, 6.45) is 8.70. The SMILES string of the molecule is CC(=O)[CH]CCCCCCCN. The molecule has 0 bridgehead atoms. The molecule has 2 nitrogen and oxygen atoms in total. The molecular formula is C10H20NO. The van der Waals surface area contributed by atoms with Gasteiger partial charge in [-0.05, 0) is 26.3 Å². The molecule has 0 fully saturated rings. The number of carbonyl (C=O) groups is 1. The lowest BCUT2D eigenvalue weighted by Crippen LogP contribution is -1.97. The van der Waals surface area contributed by atoms with Crippen LogP contribution in [0.5, 0.6) is 0 Å². The molecule has 0 spiro atoms. The monoisotopic (exact) mass is 170 g/mol. The third kappa shape index (κ3) is 9.63. The molecule has 1 radical (unpaired) electrons. The molecule has 0 unspecified atom stereocenters. The molecule has 0 saturated heterocycles. The Bertz CT molecular complexity index is 112. The van der Waals surface area contributed by atoms with Crippen molar-refractivity contribution >= 4 is 5.78 Å². The van der Waals surface area contributed by atoms with Gasteiger partial charge in [0.25, 0.3) is 0 Å². The van der Waals surface area contributed by atoms with E-state index in [0.29, 0.717) is 0 Å². The van der Waals surface area contributed by atoms with Gasteiger partial charge in [0.15, 0.2) is 0 Å². The predicted octanol–water partition coefficient (Wildman–Crippen LogP) is 2.08. The first-order valence-electron chi connectivity index (χ1n) is 4.81. The van der Waals surface area contributed by atoms with E-state index >= 15 is 0 Å². The smallest absolute Gasteiger partial charge is 0.133 e. The van der Waals surface area contributed by atoms with Crippen molar-refractivity contribution < 1.29 is 4.79 Å². The Morgan fingerprint density at radius 3 is 2.33 bits per heavy atom. The molecule has 0 aliphatic carbocycles. The number of hydrogen-bond donors (Lipinski definition) is 1. The van der Waals surface area contributed by atoms with E-state index < -0.39 is 0 Å². The van der Waals surface area contributed by atoms with Crippen LogP contribution in [0.3, 0.4) is 0 Å². The average Bonchev–Trinajstić information content (AvgIpc) is 2.02. The van der Waals surface area contributed by atoms with Crippen molar-refractivity contribution in [3.05, 3.63) is 6.42 Å². The zero-order valence-electron chi connectivity index (χ0n) is 8.01. The van der Waals surface area contributed by atoms with Crippen LogP contribution < -0.4 is 5.73 Å². The molecule has 0 atom stereocenters. The van der Waals surface area contributed by atoms with Gasteiger partial charge in [-0.1, -0.05) is 25.7 Å². The molecule has 0 heterocycles. The first kappa shape index (κ1) is 11.6. The van der Waals surface area contributed by atoms with Crippen LogP contribution in [0.25, 0.3) is 0 Å². The lowest BCUT2D eigenvalue weighted by molar-refractivity contribution is -0.114. The van der Waals surface area contributed by atoms with Crippen LogP contribution in [-0.2, 0) is 4.79 Å². The fourth-order valence-corrected chi connectivity index (χ4v) is 1.12. The Morgan fingerprint density at radius 2 is 1.75 bits per heavy atom. The quantitative estimate of drug-likeness (QED) is 0.567. The number of nitrogens with two attached hydrogens (primary N) is 1. The van der Waals surface area contributed by atoms with Crippen LogP contribution in [0.15, 0.2) is 0 Å². The Kier molecular flexibility index (Phi) is 8.46. The molecule has 0 aromatic heterocycles. The molecule has 2 N–H and O–H groups in total. The highest BCUT2D eigenvalue weighted by Crippen LogP contribution is 2.06. The van der Waals surface area contributed by atoms with Crippen molar-refractivity contribution in [3.8, 4) is 0 Å². The van der Waals surface area contributed by atoms with Crippen LogP contribution in [0, 0.1) is 6.42 Å². The standard InChI is InChI=1S/C10H20NO/c1-10(12)8-6-4-2-3-5-7-9-11/h8H,2-7,9,11H2,1H3. The van der Waals surface area contributed by atoms with Crippen LogP contribution in [0.4, 0.5) is 0 Å². The summed E-state index contributed by atoms with van der Waals surface area (Å²) >= 11 is 0. The van der Waals surface area contributed by atoms with E-state index in [0.717, 1.165) is 25.8 Å². The maximum Gasteiger partial charge on any atom is 0.133 e. The van der Waals surface area contributed by atoms with Gasteiger partial charge in [0.05, 0.1) is 0 Å². The topological polar surface area (TPSA) is 43.1 Å². The summed E-state index contributed by atoms with van der Waals surface area (Å²) in [5.41, 5.74) is 5.36. The minimum absolute atomic E-state index is 0.192. The Balaban J connectivity index is 2.86. The van der Waals surface area contributed by atoms with Gasteiger partial charge in [-0.2, -0.15) is 0 Å². The molecule has 12 heavy (non-hydrogen) atoms. The second kappa shape index (κ2) is 8.72. The molecule has 2 heteroatoms. The summed E-state index contributed by atoms with van der Waals surface area (Å²) in [5, 5.41) is 0. The number of unbranched alkanes of at least 4 members (excludes halogenated alkanes) is 5. The van der Waals surface area contributed by atoms with Crippen LogP contribution >= 0.6 is 0 Å². The van der Waals surface area contributed by atoms with Crippen molar-refractivity contribution in [1.29, 1.82) is 0 Å². The maximum absolute atomic E-state index is 10.5. The highest BCUT2D eigenvalue weighted by molar-refractivity contribution is 5.84. The van der Waals surface area contributed by atoms with Crippen molar-refractivity contribution in [2.24, 2.45) is 5.73 Å². The molecule has 0 aliphatic heterocycles. The van der Waals surface area contributed by atoms with E-state index in [9.17, 15) is 4.79 Å². The number of carbonyl (C=O) groups excluding carboxylic acids is 1. The second-order valence-corrected chi connectivity index (χ2v) is 3.16. The van der Waals surface area contributed by atoms with Crippen molar-refractivity contribution in [1.82, 2.24) is 0 Å². The van der Waals surface area contributed by atoms with Gasteiger partial charge in [0, 0.05) is 6.42 Å². The van der Waals surface area contributed by atoms with Crippen LogP contribution in [-0.4, -0.2) is 12.3 Å². The zero-order valence-corrected chi connectivity index (χ0v) is 8.01. The molecule has 0 rings (SSSR count). The van der Waals surface area contributed by atoms with E-state index in [2.05, 4.69) is 0 Å². The summed E-state index contributed by atoms with van der Waals surface area (Å²) < 4.78 is 0. The Labute approximate surface area is 75.5 Å². The normalized spacial score (nSPS) is 10.2. The molecular weight excluding hydrogens is 150 g/mol. The summed E-state index contributed by atoms with van der Waals surface area (Å²) in [7, 11) is 0. The van der Waals surface area contributed by atoms with Crippen molar-refractivity contribution in [2.75, 3.05) is 6.54 Å². The van der Waals surface area contributed by atoms with Gasteiger partial charge in [-0.15, -0.1) is 0 Å². The average molecular weight is 170 g/mol. The second-order valence-electron chi connectivity index (χ2n) is 3.16. The summed E-state index contributed by atoms with van der Waals surface area (Å²) in [6.45, 7) is 2.41. The molecule has 0 aromatic carbocycles. The lowest BCUT2D eigenvalue weighted by atomic mass is 10.1. The van der Waals surface area contributed by atoms with Gasteiger partial charge < -0.3 is 5.73 Å². The number of hydrogen-bond acceptors (Lipinski definition) is 2. The number of Topliss-reactive ketones (excluding diaryl/α,β-unsaturated/α-hetero) is 1. The van der Waals surface area contributed by atoms with E-state index in [1.54, 1.807) is 13.3 Å². The third-order valence-corrected chi connectivity index (χ3v) is 1.84. The first-order valence-corrected chi connectivity index (χ1v) is 4.81. The fraction of sp³-hybridized carbons (Fsp3) is 0.800. The van der Waals surface area contributed by atoms with Gasteiger partial charge in [-0.3, -0.25) is 4.79 Å². The Hall–Kier alpha value is -0.370. The van der Waals surface area contributed by atoms with E-state index in [1.807, 2.05) is 0 Å². The van der Waals surface area contributed by atoms with Crippen LogP contribution in [0.2, 0.25) is 0 Å². The third-order valence-electron chi connectivity index (χ3n) is 1.84. The molecule has 0 aromatic rings. The van der Waals surface area contributed by atoms with Gasteiger partial charge in [0.1, 0.15) is 5.78 Å². The molecule has 0 saturated carbocycles. The Morgan fingerprint density at radius 1 is 1.17 bits per heavy atom. The summed E-state index contributed by atoms with van der Waals surface area (Å²) in [6, 6.07) is 0. The molecule has 0 amide bonds. The van der Waals surface area contributed by atoms with Crippen molar-refractivity contribution in [2.45, 2.75) is 45.4 Å². The minimum atomic E-state index is 0.192. The predicted molar refractivity (Wildman–Crippen MR) is 51.7 cm³/mol. The van der Waals surface area contributed by atoms with Gasteiger partial charge in [-0.25, -0.2) is 0 Å². The molecule has 0 aliphatic rings. The number of ketones is 1. The summed E-state index contributed by atoms with van der Waals surface area (Å²) in [5.74, 6) is 0.192. The summed E-state index contributed by atoms with van der Waals surface area (Å²) in [4.78, 5) is 10.5. The largest absolute Gasteiger partial charge is 0.330 e. The zero-order chi connectivity index (χ0) is 9.23. The highest BCUT2D eigenvalue weighted by atomic mass is 16.1. The molecule has 71 valence electrons. The van der Waals surface area contributed by atoms with Crippen LogP contribution in [0.1, 0.15) is 45.4 Å². The maximum atomic E-state index is 10.5. The van der Waals surface area contributed by atoms with Gasteiger partial charge in [0.2, 0.25) is 0 Å². The van der Waals surface area contributed by atoms with E-state index in [-0.39, 0.29) is 5.78 Å². The van der Waals surface area contributed by atoms with Gasteiger partial charge >= 0.3 is 0 Å². The first-order chi connectivity index (χ1) is 5.77. The van der Waals surface area contributed by atoms with E-state index in [1.165, 1.54) is 19.3 Å². The lowest BCUT2D eigenvalue weighted by Gasteiger charge is -1.98. The minimum Gasteiger partial charge on any atom is -0.330 e.